The Balaban J connectivity index is 1.65. The summed E-state index contributed by atoms with van der Waals surface area (Å²) in [6.07, 6.45) is -1.14. The summed E-state index contributed by atoms with van der Waals surface area (Å²) < 4.78 is 44.0. The van der Waals surface area contributed by atoms with E-state index in [4.69, 9.17) is 14.2 Å². The van der Waals surface area contributed by atoms with Crippen molar-refractivity contribution in [3.8, 4) is 11.5 Å². The highest BCUT2D eigenvalue weighted by Crippen LogP contribution is 2.37. The molecule has 10 heteroatoms. The molecule has 9 nitrogen and oxygen atoms in total. The molecule has 0 aliphatic carbocycles. The highest BCUT2D eigenvalue weighted by molar-refractivity contribution is 7.92. The average Bonchev–Trinajstić information content (AvgIpc) is 2.88. The van der Waals surface area contributed by atoms with Crippen molar-refractivity contribution in [1.29, 1.82) is 0 Å². The number of sulfonamides is 1. The Morgan fingerprint density at radius 1 is 1.00 bits per heavy atom. The lowest BCUT2D eigenvalue weighted by Crippen LogP contribution is -2.48. The van der Waals surface area contributed by atoms with E-state index in [-0.39, 0.29) is 17.2 Å². The molecule has 0 bridgehead atoms. The lowest BCUT2D eigenvalue weighted by atomic mass is 10.1. The smallest absolute Gasteiger partial charge is 0.338 e. The molecule has 0 unspecified atom stereocenters. The Labute approximate surface area is 203 Å². The first-order valence-corrected chi connectivity index (χ1v) is 12.1. The number of carbonyl (C=O) groups excluding carboxylic acids is 2. The molecule has 0 aromatic heterocycles. The van der Waals surface area contributed by atoms with Crippen LogP contribution in [0.5, 0.6) is 11.5 Å². The van der Waals surface area contributed by atoms with Crippen molar-refractivity contribution in [2.45, 2.75) is 17.9 Å². The van der Waals surface area contributed by atoms with Gasteiger partial charge in [-0.25, -0.2) is 13.2 Å². The topological polar surface area (TPSA) is 111 Å². The van der Waals surface area contributed by atoms with E-state index in [2.05, 4.69) is 5.32 Å². The molecule has 182 valence electrons. The van der Waals surface area contributed by atoms with Crippen molar-refractivity contribution in [3.05, 3.63) is 77.9 Å². The molecule has 0 radical (unpaired) electrons. The van der Waals surface area contributed by atoms with E-state index in [1.54, 1.807) is 61.5 Å². The van der Waals surface area contributed by atoms with Gasteiger partial charge in [-0.15, -0.1) is 0 Å². The fourth-order valence-electron chi connectivity index (χ4n) is 3.76. The van der Waals surface area contributed by atoms with Crippen LogP contribution in [0.4, 0.5) is 11.4 Å². The Morgan fingerprint density at radius 2 is 1.71 bits per heavy atom. The molecule has 3 aromatic rings. The van der Waals surface area contributed by atoms with Crippen molar-refractivity contribution in [2.24, 2.45) is 0 Å². The number of fused-ring (bicyclic) bond motifs is 1. The normalized spacial score (nSPS) is 14.9. The number of methoxy groups -OCH3 is 2. The van der Waals surface area contributed by atoms with Gasteiger partial charge in [0, 0.05) is 5.69 Å². The Kier molecular flexibility index (Phi) is 6.65. The van der Waals surface area contributed by atoms with Gasteiger partial charge in [-0.3, -0.25) is 9.10 Å². The summed E-state index contributed by atoms with van der Waals surface area (Å²) in [5.41, 5.74) is 1.55. The number of nitrogens with one attached hydrogen (secondary N) is 1. The van der Waals surface area contributed by atoms with Crippen molar-refractivity contribution >= 4 is 33.3 Å². The number of amides is 1. The maximum absolute atomic E-state index is 13.5. The number of hydrogen-bond donors (Lipinski definition) is 1. The first kappa shape index (κ1) is 24.1. The minimum Gasteiger partial charge on any atom is -0.497 e. The molecule has 35 heavy (non-hydrogen) atoms. The first-order chi connectivity index (χ1) is 16.8. The van der Waals surface area contributed by atoms with Gasteiger partial charge in [-0.05, 0) is 61.0 Å². The monoisotopic (exact) mass is 496 g/mol. The van der Waals surface area contributed by atoms with Crippen LogP contribution < -0.4 is 19.1 Å². The van der Waals surface area contributed by atoms with Crippen LogP contribution in [0.2, 0.25) is 0 Å². The van der Waals surface area contributed by atoms with E-state index in [1.165, 1.54) is 26.4 Å². The minimum atomic E-state index is -4.01. The molecule has 1 heterocycles. The van der Waals surface area contributed by atoms with Crippen LogP contribution in [0.1, 0.15) is 15.9 Å². The standard InChI is InChI=1S/C25H24N2O7S/c1-16-19(25(29)33-3)7-6-8-20(16)26-24(28)23-15-27(21-9-4-5-10-22(21)34-23)35(30,31)18-13-11-17(32-2)12-14-18/h4-14,23H,15H2,1-3H3,(H,26,28)/t23-/m0/s1. The number of nitrogens with zero attached hydrogens (tertiary/aromatic N) is 1. The highest BCUT2D eigenvalue weighted by Gasteiger charge is 2.37. The van der Waals surface area contributed by atoms with Gasteiger partial charge in [0.05, 0.1) is 36.9 Å². The highest BCUT2D eigenvalue weighted by atomic mass is 32.2. The van der Waals surface area contributed by atoms with Crippen LogP contribution in [-0.2, 0) is 19.6 Å². The summed E-state index contributed by atoms with van der Waals surface area (Å²) in [5, 5.41) is 2.75. The molecule has 0 fully saturated rings. The number of anilines is 2. The number of benzene rings is 3. The Morgan fingerprint density at radius 3 is 2.40 bits per heavy atom. The summed E-state index contributed by atoms with van der Waals surface area (Å²) in [6.45, 7) is 1.44. The zero-order chi connectivity index (χ0) is 25.2. The van der Waals surface area contributed by atoms with Crippen molar-refractivity contribution in [3.63, 3.8) is 0 Å². The number of para-hydroxylation sites is 2. The summed E-state index contributed by atoms with van der Waals surface area (Å²) in [7, 11) is -1.24. The van der Waals surface area contributed by atoms with Crippen LogP contribution in [0, 0.1) is 6.92 Å². The van der Waals surface area contributed by atoms with Gasteiger partial charge < -0.3 is 19.5 Å². The van der Waals surface area contributed by atoms with Gasteiger partial charge in [0.25, 0.3) is 15.9 Å². The van der Waals surface area contributed by atoms with Gasteiger partial charge in [-0.2, -0.15) is 0 Å². The van der Waals surface area contributed by atoms with Gasteiger partial charge in [0.2, 0.25) is 0 Å². The maximum Gasteiger partial charge on any atom is 0.338 e. The predicted molar refractivity (Wildman–Crippen MR) is 130 cm³/mol. The largest absolute Gasteiger partial charge is 0.497 e. The van der Waals surface area contributed by atoms with Crippen molar-refractivity contribution in [2.75, 3.05) is 30.4 Å². The van der Waals surface area contributed by atoms with Gasteiger partial charge >= 0.3 is 5.97 Å². The molecule has 0 saturated carbocycles. The van der Waals surface area contributed by atoms with Gasteiger partial charge in [0.1, 0.15) is 11.5 Å². The number of hydrogen-bond acceptors (Lipinski definition) is 7. The quantitative estimate of drug-likeness (QED) is 0.521. The SMILES string of the molecule is COC(=O)c1cccc(NC(=O)[C@@H]2CN(S(=O)(=O)c3ccc(OC)cc3)c3ccccc3O2)c1C. The third-order valence-corrected chi connectivity index (χ3v) is 7.47. The second-order valence-electron chi connectivity index (χ2n) is 7.74. The zero-order valence-electron chi connectivity index (χ0n) is 19.3. The van der Waals surface area contributed by atoms with E-state index >= 15 is 0 Å². The van der Waals surface area contributed by atoms with Crippen LogP contribution in [0.3, 0.4) is 0 Å². The Hall–Kier alpha value is -4.05. The van der Waals surface area contributed by atoms with Crippen molar-refractivity contribution in [1.82, 2.24) is 0 Å². The molecule has 0 spiro atoms. The molecular weight excluding hydrogens is 472 g/mol. The molecule has 1 aliphatic rings. The van der Waals surface area contributed by atoms with E-state index in [9.17, 15) is 18.0 Å². The average molecular weight is 497 g/mol. The molecule has 0 saturated heterocycles. The molecule has 1 amide bonds. The minimum absolute atomic E-state index is 0.0517. The lowest BCUT2D eigenvalue weighted by Gasteiger charge is -2.34. The number of carbonyl (C=O) groups is 2. The maximum atomic E-state index is 13.5. The van der Waals surface area contributed by atoms with Gasteiger partial charge in [-0.1, -0.05) is 18.2 Å². The van der Waals surface area contributed by atoms with Crippen LogP contribution in [0.15, 0.2) is 71.6 Å². The van der Waals surface area contributed by atoms with E-state index < -0.39 is 28.0 Å². The van der Waals surface area contributed by atoms with Crippen molar-refractivity contribution < 1.29 is 32.2 Å². The summed E-state index contributed by atoms with van der Waals surface area (Å²) >= 11 is 0. The molecule has 1 atom stereocenters. The fourth-order valence-corrected chi connectivity index (χ4v) is 5.23. The zero-order valence-corrected chi connectivity index (χ0v) is 20.2. The van der Waals surface area contributed by atoms with Gasteiger partial charge in [0.15, 0.2) is 6.10 Å². The number of esters is 1. The molecule has 1 aliphatic heterocycles. The molecule has 4 rings (SSSR count). The molecular formula is C25H24N2O7S. The number of ether oxygens (including phenoxy) is 3. The van der Waals surface area contributed by atoms with E-state index in [0.717, 1.165) is 4.31 Å². The molecule has 1 N–H and O–H groups in total. The summed E-state index contributed by atoms with van der Waals surface area (Å²) in [5.74, 6) is -0.304. The van der Waals surface area contributed by atoms with Crippen LogP contribution in [-0.4, -0.2) is 47.2 Å². The summed E-state index contributed by atoms with van der Waals surface area (Å²) in [4.78, 5) is 25.2. The van der Waals surface area contributed by atoms with E-state index in [1.807, 2.05) is 0 Å². The first-order valence-electron chi connectivity index (χ1n) is 10.7. The second-order valence-corrected chi connectivity index (χ2v) is 9.61. The third-order valence-electron chi connectivity index (χ3n) is 5.67. The lowest BCUT2D eigenvalue weighted by molar-refractivity contribution is -0.122. The van der Waals surface area contributed by atoms with Crippen LogP contribution >= 0.6 is 0 Å². The van der Waals surface area contributed by atoms with E-state index in [0.29, 0.717) is 28.3 Å². The Bertz CT molecular complexity index is 1370. The predicted octanol–water partition coefficient (Wildman–Crippen LogP) is 3.39. The van der Waals surface area contributed by atoms with Crippen LogP contribution in [0.25, 0.3) is 0 Å². The third kappa shape index (κ3) is 4.65. The fraction of sp³-hybridized carbons (Fsp3) is 0.200. The molecule has 3 aromatic carbocycles. The second kappa shape index (κ2) is 9.67. The summed E-state index contributed by atoms with van der Waals surface area (Å²) in [6, 6.07) is 17.5. The number of rotatable bonds is 6.